The Balaban J connectivity index is 2.25. The molecule has 2 heterocycles. The minimum absolute atomic E-state index is 0.0469. The Morgan fingerprint density at radius 3 is 2.68 bits per heavy atom. The van der Waals surface area contributed by atoms with E-state index in [1.54, 1.807) is 19.2 Å². The summed E-state index contributed by atoms with van der Waals surface area (Å²) in [6, 6.07) is 3.43. The van der Waals surface area contributed by atoms with Crippen molar-refractivity contribution in [2.24, 2.45) is 0 Å². The van der Waals surface area contributed by atoms with Crippen molar-refractivity contribution in [3.05, 3.63) is 45.0 Å². The third-order valence-corrected chi connectivity index (χ3v) is 2.94. The number of halogens is 2. The maximum absolute atomic E-state index is 12.0. The molecule has 2 aromatic rings. The maximum atomic E-state index is 12.0. The number of rotatable bonds is 2. The van der Waals surface area contributed by atoms with Crippen LogP contribution >= 0.6 is 27.5 Å². The average molecular weight is 342 g/mol. The molecule has 0 radical (unpaired) electrons. The van der Waals surface area contributed by atoms with Gasteiger partial charge in [-0.15, -0.1) is 0 Å². The van der Waals surface area contributed by atoms with Gasteiger partial charge in [-0.2, -0.15) is 0 Å². The third-order valence-electron chi connectivity index (χ3n) is 2.34. The summed E-state index contributed by atoms with van der Waals surface area (Å²) in [5, 5.41) is 2.74. The molecule has 0 atom stereocenters. The van der Waals surface area contributed by atoms with Gasteiger partial charge >= 0.3 is 0 Å². The molecule has 0 aliphatic heterocycles. The Hall–Kier alpha value is -1.53. The van der Waals surface area contributed by atoms with Gasteiger partial charge in [0.05, 0.1) is 0 Å². The zero-order chi connectivity index (χ0) is 14.0. The molecule has 0 saturated carbocycles. The predicted octanol–water partition coefficient (Wildman–Crippen LogP) is 3.16. The van der Waals surface area contributed by atoms with Gasteiger partial charge in [0, 0.05) is 16.4 Å². The zero-order valence-electron chi connectivity index (χ0n) is 10.2. The first-order valence-corrected chi connectivity index (χ1v) is 6.57. The van der Waals surface area contributed by atoms with Crippen LogP contribution in [0.25, 0.3) is 0 Å². The van der Waals surface area contributed by atoms with Crippen molar-refractivity contribution in [3.8, 4) is 0 Å². The largest absolute Gasteiger partial charge is 0.305 e. The summed E-state index contributed by atoms with van der Waals surface area (Å²) in [6.07, 6.45) is 1.61. The van der Waals surface area contributed by atoms with Gasteiger partial charge in [-0.25, -0.2) is 15.0 Å². The van der Waals surface area contributed by atoms with Crippen LogP contribution < -0.4 is 5.32 Å². The fourth-order valence-electron chi connectivity index (χ4n) is 1.49. The molecular formula is C12H10BrClN4O. The minimum atomic E-state index is -0.370. The highest BCUT2D eigenvalue weighted by Crippen LogP contribution is 2.17. The summed E-state index contributed by atoms with van der Waals surface area (Å²) in [7, 11) is 0. The Kier molecular flexibility index (Phi) is 4.11. The molecule has 0 saturated heterocycles. The Bertz CT molecular complexity index is 627. The summed E-state index contributed by atoms with van der Waals surface area (Å²) in [6.45, 7) is 3.60. The number of aromatic nitrogens is 3. The van der Waals surface area contributed by atoms with Crippen LogP contribution in [0.5, 0.6) is 0 Å². The van der Waals surface area contributed by atoms with Gasteiger partial charge in [0.1, 0.15) is 11.5 Å². The number of nitrogens with zero attached hydrogens (tertiary/aromatic N) is 3. The highest BCUT2D eigenvalue weighted by molar-refractivity contribution is 9.10. The number of amides is 1. The highest BCUT2D eigenvalue weighted by Gasteiger charge is 2.12. The lowest BCUT2D eigenvalue weighted by Gasteiger charge is -2.07. The average Bonchev–Trinajstić information content (AvgIpc) is 2.31. The molecule has 2 rings (SSSR count). The van der Waals surface area contributed by atoms with E-state index < -0.39 is 0 Å². The van der Waals surface area contributed by atoms with Gasteiger partial charge in [0.25, 0.3) is 5.91 Å². The molecule has 0 aliphatic rings. The van der Waals surface area contributed by atoms with Crippen LogP contribution in [0.15, 0.2) is 22.8 Å². The van der Waals surface area contributed by atoms with Crippen LogP contribution in [0, 0.1) is 13.8 Å². The quantitative estimate of drug-likeness (QED) is 0.852. The van der Waals surface area contributed by atoms with Gasteiger partial charge in [-0.3, -0.25) is 4.79 Å². The zero-order valence-corrected chi connectivity index (χ0v) is 12.6. The van der Waals surface area contributed by atoms with Crippen molar-refractivity contribution in [1.29, 1.82) is 0 Å². The molecule has 0 unspecified atom stereocenters. The summed E-state index contributed by atoms with van der Waals surface area (Å²) in [5.74, 6) is 0.117. The van der Waals surface area contributed by atoms with Crippen LogP contribution in [0.2, 0.25) is 5.28 Å². The molecular weight excluding hydrogens is 332 g/mol. The van der Waals surface area contributed by atoms with Gasteiger partial charge < -0.3 is 5.32 Å². The van der Waals surface area contributed by atoms with E-state index in [-0.39, 0.29) is 16.9 Å². The molecule has 0 spiro atoms. The Morgan fingerprint density at radius 2 is 2.05 bits per heavy atom. The SMILES string of the molecule is Cc1cc(C(=O)Nc2ncc(Br)cc2C)nc(Cl)n1. The number of pyridine rings is 1. The van der Waals surface area contributed by atoms with E-state index in [0.29, 0.717) is 11.5 Å². The molecule has 0 aromatic carbocycles. The number of aryl methyl sites for hydroxylation is 2. The number of hydrogen-bond acceptors (Lipinski definition) is 4. The number of carbonyl (C=O) groups excluding carboxylic acids is 1. The van der Waals surface area contributed by atoms with Crippen LogP contribution in [-0.2, 0) is 0 Å². The number of hydrogen-bond donors (Lipinski definition) is 1. The lowest BCUT2D eigenvalue weighted by Crippen LogP contribution is -2.16. The Morgan fingerprint density at radius 1 is 1.32 bits per heavy atom. The fraction of sp³-hybridized carbons (Fsp3) is 0.167. The Labute approximate surface area is 123 Å². The molecule has 1 amide bonds. The second kappa shape index (κ2) is 5.63. The van der Waals surface area contributed by atoms with E-state index in [2.05, 4.69) is 36.2 Å². The second-order valence-electron chi connectivity index (χ2n) is 3.94. The second-order valence-corrected chi connectivity index (χ2v) is 5.19. The molecule has 7 heteroatoms. The molecule has 98 valence electrons. The first-order chi connectivity index (χ1) is 8.95. The van der Waals surface area contributed by atoms with Crippen molar-refractivity contribution in [2.75, 3.05) is 5.32 Å². The normalized spacial score (nSPS) is 10.3. The first kappa shape index (κ1) is 13.9. The number of carbonyl (C=O) groups is 1. The molecule has 19 heavy (non-hydrogen) atoms. The van der Waals surface area contributed by atoms with E-state index in [1.165, 1.54) is 0 Å². The van der Waals surface area contributed by atoms with Gasteiger partial charge in [-0.05, 0) is 59.1 Å². The van der Waals surface area contributed by atoms with Crippen molar-refractivity contribution < 1.29 is 4.79 Å². The number of anilines is 1. The molecule has 5 nitrogen and oxygen atoms in total. The summed E-state index contributed by atoms with van der Waals surface area (Å²) in [4.78, 5) is 24.0. The van der Waals surface area contributed by atoms with Gasteiger partial charge in [0.15, 0.2) is 0 Å². The van der Waals surface area contributed by atoms with Crippen molar-refractivity contribution in [2.45, 2.75) is 13.8 Å². The van der Waals surface area contributed by atoms with E-state index in [4.69, 9.17) is 11.6 Å². The topological polar surface area (TPSA) is 67.8 Å². The fourth-order valence-corrected chi connectivity index (χ4v) is 2.16. The molecule has 0 aliphatic carbocycles. The summed E-state index contributed by atoms with van der Waals surface area (Å²) >= 11 is 9.04. The highest BCUT2D eigenvalue weighted by atomic mass is 79.9. The maximum Gasteiger partial charge on any atom is 0.275 e. The molecule has 0 fully saturated rings. The van der Waals surface area contributed by atoms with E-state index >= 15 is 0 Å². The van der Waals surface area contributed by atoms with Crippen molar-refractivity contribution >= 4 is 39.3 Å². The van der Waals surface area contributed by atoms with Crippen LogP contribution in [0.3, 0.4) is 0 Å². The summed E-state index contributed by atoms with van der Waals surface area (Å²) in [5.41, 5.74) is 1.69. The van der Waals surface area contributed by atoms with E-state index in [0.717, 1.165) is 10.0 Å². The minimum Gasteiger partial charge on any atom is -0.305 e. The number of nitrogens with one attached hydrogen (secondary N) is 1. The monoisotopic (exact) mass is 340 g/mol. The molecule has 2 aromatic heterocycles. The van der Waals surface area contributed by atoms with Crippen molar-refractivity contribution in [1.82, 2.24) is 15.0 Å². The smallest absolute Gasteiger partial charge is 0.275 e. The van der Waals surface area contributed by atoms with E-state index in [1.807, 2.05) is 13.0 Å². The first-order valence-electron chi connectivity index (χ1n) is 5.40. The van der Waals surface area contributed by atoms with Crippen molar-refractivity contribution in [3.63, 3.8) is 0 Å². The summed E-state index contributed by atoms with van der Waals surface area (Å²) < 4.78 is 0.851. The van der Waals surface area contributed by atoms with Crippen LogP contribution in [0.1, 0.15) is 21.7 Å². The lowest BCUT2D eigenvalue weighted by molar-refractivity contribution is 0.102. The van der Waals surface area contributed by atoms with Crippen LogP contribution in [-0.4, -0.2) is 20.9 Å². The van der Waals surface area contributed by atoms with E-state index in [9.17, 15) is 4.79 Å². The predicted molar refractivity (Wildman–Crippen MR) is 76.4 cm³/mol. The standard InChI is InChI=1S/C12H10BrClN4O/c1-6-3-8(13)5-15-10(6)18-11(19)9-4-7(2)16-12(14)17-9/h3-5H,1-2H3,(H,15,18,19). The lowest BCUT2D eigenvalue weighted by atomic mass is 10.2. The van der Waals surface area contributed by atoms with Gasteiger partial charge in [0.2, 0.25) is 5.28 Å². The van der Waals surface area contributed by atoms with Gasteiger partial charge in [-0.1, -0.05) is 0 Å². The van der Waals surface area contributed by atoms with Crippen LogP contribution in [0.4, 0.5) is 5.82 Å². The molecule has 1 N–H and O–H groups in total. The molecule has 0 bridgehead atoms. The third kappa shape index (κ3) is 3.48.